The fourth-order valence-corrected chi connectivity index (χ4v) is 3.75. The van der Waals surface area contributed by atoms with E-state index < -0.39 is 17.8 Å². The summed E-state index contributed by atoms with van der Waals surface area (Å²) < 4.78 is 11.3. The number of nitrogens with zero attached hydrogens (tertiary/aromatic N) is 1. The normalized spacial score (nSPS) is 14.8. The smallest absolute Gasteiger partial charge is 0.335 e. The van der Waals surface area contributed by atoms with Crippen molar-refractivity contribution in [2.45, 2.75) is 13.5 Å². The summed E-state index contributed by atoms with van der Waals surface area (Å²) in [5, 5.41) is 3.06. The van der Waals surface area contributed by atoms with E-state index in [0.29, 0.717) is 39.4 Å². The lowest BCUT2D eigenvalue weighted by Gasteiger charge is -2.26. The molecule has 1 aliphatic heterocycles. The van der Waals surface area contributed by atoms with E-state index in [4.69, 9.17) is 32.7 Å². The van der Waals surface area contributed by atoms with E-state index >= 15 is 0 Å². The Morgan fingerprint density at radius 2 is 1.66 bits per heavy atom. The minimum absolute atomic E-state index is 0.189. The Morgan fingerprint density at radius 3 is 2.37 bits per heavy atom. The molecule has 4 rings (SSSR count). The molecule has 0 aromatic heterocycles. The lowest BCUT2D eigenvalue weighted by molar-refractivity contribution is -0.122. The van der Waals surface area contributed by atoms with Crippen molar-refractivity contribution in [1.29, 1.82) is 0 Å². The molecule has 35 heavy (non-hydrogen) atoms. The molecule has 4 amide bonds. The van der Waals surface area contributed by atoms with Gasteiger partial charge in [0.15, 0.2) is 0 Å². The van der Waals surface area contributed by atoms with E-state index in [9.17, 15) is 14.4 Å². The summed E-state index contributed by atoms with van der Waals surface area (Å²) in [6, 6.07) is 17.7. The van der Waals surface area contributed by atoms with Gasteiger partial charge in [0.1, 0.15) is 23.7 Å². The summed E-state index contributed by atoms with van der Waals surface area (Å²) in [6.45, 7) is 2.52. The Bertz CT molecular complexity index is 1320. The third kappa shape index (κ3) is 5.48. The summed E-state index contributed by atoms with van der Waals surface area (Å²) in [5.74, 6) is -0.499. The van der Waals surface area contributed by atoms with Gasteiger partial charge in [0, 0.05) is 5.56 Å². The van der Waals surface area contributed by atoms with Gasteiger partial charge >= 0.3 is 6.03 Å². The molecule has 9 heteroatoms. The Morgan fingerprint density at radius 1 is 0.914 bits per heavy atom. The molecule has 3 aromatic carbocycles. The average molecular weight is 511 g/mol. The second-order valence-corrected chi connectivity index (χ2v) is 8.27. The maximum atomic E-state index is 13.2. The molecule has 0 saturated carbocycles. The van der Waals surface area contributed by atoms with Crippen molar-refractivity contribution >= 4 is 52.8 Å². The number of barbiturate groups is 1. The van der Waals surface area contributed by atoms with Crippen LogP contribution >= 0.6 is 23.2 Å². The van der Waals surface area contributed by atoms with Gasteiger partial charge < -0.3 is 9.47 Å². The summed E-state index contributed by atoms with van der Waals surface area (Å²) in [4.78, 5) is 39.1. The van der Waals surface area contributed by atoms with Crippen LogP contribution in [-0.2, 0) is 16.2 Å². The molecule has 0 spiro atoms. The van der Waals surface area contributed by atoms with E-state index in [2.05, 4.69) is 5.32 Å². The fraction of sp³-hybridized carbons (Fsp3) is 0.115. The molecule has 178 valence electrons. The zero-order valence-electron chi connectivity index (χ0n) is 18.6. The number of urea groups is 1. The summed E-state index contributed by atoms with van der Waals surface area (Å²) >= 11 is 12.0. The molecule has 3 aromatic rings. The number of ether oxygens (including phenoxy) is 2. The first-order chi connectivity index (χ1) is 16.9. The van der Waals surface area contributed by atoms with Crippen molar-refractivity contribution in [1.82, 2.24) is 5.32 Å². The molecular formula is C26H20Cl2N2O5. The number of carbonyl (C=O) groups is 3. The van der Waals surface area contributed by atoms with Gasteiger partial charge in [0.05, 0.1) is 22.3 Å². The maximum Gasteiger partial charge on any atom is 0.335 e. The van der Waals surface area contributed by atoms with Crippen LogP contribution in [0.25, 0.3) is 6.08 Å². The van der Waals surface area contributed by atoms with Crippen LogP contribution in [-0.4, -0.2) is 24.5 Å². The van der Waals surface area contributed by atoms with Crippen molar-refractivity contribution in [3.63, 3.8) is 0 Å². The van der Waals surface area contributed by atoms with Crippen molar-refractivity contribution in [2.24, 2.45) is 0 Å². The number of amides is 4. The van der Waals surface area contributed by atoms with Crippen LogP contribution in [0.2, 0.25) is 10.0 Å². The minimum Gasteiger partial charge on any atom is -0.494 e. The van der Waals surface area contributed by atoms with Crippen molar-refractivity contribution < 1.29 is 23.9 Å². The van der Waals surface area contributed by atoms with Crippen LogP contribution in [0.1, 0.15) is 18.1 Å². The molecule has 1 N–H and O–H groups in total. The van der Waals surface area contributed by atoms with Gasteiger partial charge in [-0.3, -0.25) is 14.9 Å². The first-order valence-electron chi connectivity index (χ1n) is 10.7. The molecule has 0 atom stereocenters. The number of anilines is 1. The second-order valence-electron chi connectivity index (χ2n) is 7.46. The number of nitrogens with one attached hydrogen (secondary N) is 1. The van der Waals surface area contributed by atoms with Crippen LogP contribution in [0.15, 0.2) is 72.3 Å². The Balaban J connectivity index is 1.60. The molecule has 0 unspecified atom stereocenters. The van der Waals surface area contributed by atoms with Crippen LogP contribution in [0.5, 0.6) is 11.5 Å². The van der Waals surface area contributed by atoms with Crippen LogP contribution in [0.4, 0.5) is 10.5 Å². The summed E-state index contributed by atoms with van der Waals surface area (Å²) in [6.07, 6.45) is 1.40. The zero-order valence-corrected chi connectivity index (χ0v) is 20.1. The highest BCUT2D eigenvalue weighted by Crippen LogP contribution is 2.28. The van der Waals surface area contributed by atoms with Gasteiger partial charge in [-0.05, 0) is 61.0 Å². The number of rotatable bonds is 7. The average Bonchev–Trinajstić information content (AvgIpc) is 2.84. The third-order valence-electron chi connectivity index (χ3n) is 5.10. The Hall–Kier alpha value is -3.81. The van der Waals surface area contributed by atoms with Gasteiger partial charge in [0.2, 0.25) is 0 Å². The van der Waals surface area contributed by atoms with E-state index in [0.717, 1.165) is 10.5 Å². The Kier molecular flexibility index (Phi) is 7.39. The molecule has 0 bridgehead atoms. The molecular weight excluding hydrogens is 491 g/mol. The fourth-order valence-electron chi connectivity index (χ4n) is 3.43. The van der Waals surface area contributed by atoms with Crippen LogP contribution in [0, 0.1) is 0 Å². The van der Waals surface area contributed by atoms with Crippen LogP contribution in [0.3, 0.4) is 0 Å². The topological polar surface area (TPSA) is 84.9 Å². The molecule has 1 saturated heterocycles. The first-order valence-corrected chi connectivity index (χ1v) is 11.4. The van der Waals surface area contributed by atoms with E-state index in [-0.39, 0.29) is 12.2 Å². The number of imide groups is 2. The van der Waals surface area contributed by atoms with Gasteiger partial charge in [-0.25, -0.2) is 9.69 Å². The van der Waals surface area contributed by atoms with Crippen LogP contribution < -0.4 is 19.7 Å². The number of hydrogen-bond donors (Lipinski definition) is 1. The second kappa shape index (κ2) is 10.6. The zero-order chi connectivity index (χ0) is 24.9. The standard InChI is InChI=1S/C26H20Cl2N2O5/c1-2-34-19-10-8-18(9-11-19)30-25(32)20(24(31)29-26(30)33)14-17-5-3-4-6-23(17)35-15-16-7-12-21(27)22(28)13-16/h3-14H,2,15H2,1H3,(H,29,31,33)/b20-14+. The van der Waals surface area contributed by atoms with Crippen molar-refractivity contribution in [2.75, 3.05) is 11.5 Å². The lowest BCUT2D eigenvalue weighted by atomic mass is 10.1. The molecule has 7 nitrogen and oxygen atoms in total. The predicted molar refractivity (Wildman–Crippen MR) is 134 cm³/mol. The van der Waals surface area contributed by atoms with Gasteiger partial charge in [-0.15, -0.1) is 0 Å². The SMILES string of the molecule is CCOc1ccc(N2C(=O)NC(=O)/C(=C\c3ccccc3OCc3ccc(Cl)c(Cl)c3)C2=O)cc1. The van der Waals surface area contributed by atoms with E-state index in [1.165, 1.54) is 6.08 Å². The van der Waals surface area contributed by atoms with Gasteiger partial charge in [-0.1, -0.05) is 47.5 Å². The number of carbonyl (C=O) groups excluding carboxylic acids is 3. The van der Waals surface area contributed by atoms with Crippen molar-refractivity contribution in [3.05, 3.63) is 93.5 Å². The van der Waals surface area contributed by atoms with Gasteiger partial charge in [0.25, 0.3) is 11.8 Å². The van der Waals surface area contributed by atoms with E-state index in [1.54, 1.807) is 66.7 Å². The number of benzene rings is 3. The quantitative estimate of drug-likeness (QED) is 0.328. The monoisotopic (exact) mass is 510 g/mol. The molecule has 0 radical (unpaired) electrons. The predicted octanol–water partition coefficient (Wildman–Crippen LogP) is 5.64. The summed E-state index contributed by atoms with van der Waals surface area (Å²) in [7, 11) is 0. The number of halogens is 2. The third-order valence-corrected chi connectivity index (χ3v) is 5.84. The highest BCUT2D eigenvalue weighted by Gasteiger charge is 2.37. The summed E-state index contributed by atoms with van der Waals surface area (Å²) in [5.41, 5.74) is 1.38. The van der Waals surface area contributed by atoms with Gasteiger partial charge in [-0.2, -0.15) is 0 Å². The number of hydrogen-bond acceptors (Lipinski definition) is 5. The maximum absolute atomic E-state index is 13.2. The highest BCUT2D eigenvalue weighted by atomic mass is 35.5. The lowest BCUT2D eigenvalue weighted by Crippen LogP contribution is -2.54. The van der Waals surface area contributed by atoms with Crippen molar-refractivity contribution in [3.8, 4) is 11.5 Å². The minimum atomic E-state index is -0.828. The molecule has 0 aliphatic carbocycles. The first kappa shape index (κ1) is 24.3. The number of para-hydroxylation sites is 1. The Labute approximate surface area is 211 Å². The highest BCUT2D eigenvalue weighted by molar-refractivity contribution is 6.42. The molecule has 1 fully saturated rings. The molecule has 1 heterocycles. The van der Waals surface area contributed by atoms with E-state index in [1.807, 2.05) is 6.92 Å². The largest absolute Gasteiger partial charge is 0.494 e. The molecule has 1 aliphatic rings.